The van der Waals surface area contributed by atoms with Gasteiger partial charge in [0.1, 0.15) is 24.6 Å². The fourth-order valence-corrected chi connectivity index (χ4v) is 4.93. The Morgan fingerprint density at radius 2 is 1.92 bits per heavy atom. The number of anilines is 1. The molecule has 9 heteroatoms. The number of methoxy groups -OCH3 is 1. The molecule has 1 aliphatic carbocycles. The number of ketones is 1. The van der Waals surface area contributed by atoms with Crippen molar-refractivity contribution in [2.45, 2.75) is 31.7 Å². The standard InChI is InChI=1S/C27H27N3O6/c1-34-15-16-35-26-20(7-4-13-28-26)23-22(24(31)18-5-2-3-6-18)25(32)27(33)30(23)19-10-8-17(9-11-19)21-12-14-36-29-21/h4,7-14,18,23,32H,2-3,5-6,15-16H2,1H3. The first kappa shape index (κ1) is 23.7. The summed E-state index contributed by atoms with van der Waals surface area (Å²) < 4.78 is 15.9. The number of pyridine rings is 1. The van der Waals surface area contributed by atoms with E-state index in [0.29, 0.717) is 23.6 Å². The van der Waals surface area contributed by atoms with Crippen molar-refractivity contribution >= 4 is 17.4 Å². The van der Waals surface area contributed by atoms with Gasteiger partial charge in [0.15, 0.2) is 11.5 Å². The lowest BCUT2D eigenvalue weighted by Crippen LogP contribution is -2.32. The number of nitrogens with zero attached hydrogens (tertiary/aromatic N) is 3. The summed E-state index contributed by atoms with van der Waals surface area (Å²) in [6, 6.07) is 11.5. The number of carbonyl (C=O) groups excluding carboxylic acids is 2. The summed E-state index contributed by atoms with van der Waals surface area (Å²) in [5, 5.41) is 15.0. The molecule has 1 N–H and O–H groups in total. The van der Waals surface area contributed by atoms with Crippen LogP contribution in [0.3, 0.4) is 0 Å². The Kier molecular flexibility index (Phi) is 6.81. The number of aromatic nitrogens is 2. The average Bonchev–Trinajstić information content (AvgIpc) is 3.67. The number of benzene rings is 1. The minimum absolute atomic E-state index is 0.0945. The van der Waals surface area contributed by atoms with Gasteiger partial charge in [-0.3, -0.25) is 14.5 Å². The summed E-state index contributed by atoms with van der Waals surface area (Å²) in [6.45, 7) is 0.594. The molecule has 9 nitrogen and oxygen atoms in total. The molecule has 36 heavy (non-hydrogen) atoms. The molecule has 1 aromatic carbocycles. The third-order valence-electron chi connectivity index (χ3n) is 6.70. The van der Waals surface area contributed by atoms with Crippen molar-refractivity contribution in [3.8, 4) is 17.1 Å². The number of rotatable bonds is 9. The van der Waals surface area contributed by atoms with Crippen LogP contribution in [0.25, 0.3) is 11.3 Å². The van der Waals surface area contributed by atoms with Crippen molar-refractivity contribution in [2.24, 2.45) is 5.92 Å². The molecule has 1 aliphatic heterocycles. The molecule has 186 valence electrons. The summed E-state index contributed by atoms with van der Waals surface area (Å²) in [5.41, 5.74) is 2.60. The number of carbonyl (C=O) groups is 2. The Morgan fingerprint density at radius 1 is 1.14 bits per heavy atom. The molecule has 5 rings (SSSR count). The zero-order valence-electron chi connectivity index (χ0n) is 19.9. The number of aliphatic hydroxyl groups excluding tert-OH is 1. The van der Waals surface area contributed by atoms with Crippen molar-refractivity contribution in [3.05, 3.63) is 71.8 Å². The van der Waals surface area contributed by atoms with Gasteiger partial charge in [0.05, 0.1) is 12.2 Å². The molecule has 1 amide bonds. The molecular weight excluding hydrogens is 462 g/mol. The molecule has 0 saturated heterocycles. The van der Waals surface area contributed by atoms with E-state index in [1.807, 2.05) is 12.1 Å². The lowest BCUT2D eigenvalue weighted by molar-refractivity contribution is -0.120. The zero-order chi connectivity index (χ0) is 25.1. The van der Waals surface area contributed by atoms with E-state index in [4.69, 9.17) is 14.0 Å². The van der Waals surface area contributed by atoms with Crippen LogP contribution in [0.4, 0.5) is 5.69 Å². The van der Waals surface area contributed by atoms with Crippen LogP contribution in [-0.4, -0.2) is 47.3 Å². The SMILES string of the molecule is COCCOc1ncccc1C1C(C(=O)C2CCCC2)=C(O)C(=O)N1c1ccc(-c2ccon2)cc1. The highest BCUT2D eigenvalue weighted by Gasteiger charge is 2.47. The van der Waals surface area contributed by atoms with Gasteiger partial charge in [-0.1, -0.05) is 30.1 Å². The number of amides is 1. The van der Waals surface area contributed by atoms with Gasteiger partial charge in [-0.2, -0.15) is 0 Å². The van der Waals surface area contributed by atoms with Crippen molar-refractivity contribution in [3.63, 3.8) is 0 Å². The summed E-state index contributed by atoms with van der Waals surface area (Å²) in [7, 11) is 1.57. The maximum absolute atomic E-state index is 13.6. The smallest absolute Gasteiger partial charge is 0.294 e. The van der Waals surface area contributed by atoms with E-state index >= 15 is 0 Å². The van der Waals surface area contributed by atoms with Gasteiger partial charge in [-0.15, -0.1) is 0 Å². The molecule has 0 bridgehead atoms. The predicted octanol–water partition coefficient (Wildman–Crippen LogP) is 4.42. The molecular formula is C27H27N3O6. The summed E-state index contributed by atoms with van der Waals surface area (Å²) in [4.78, 5) is 32.9. The molecule has 1 atom stereocenters. The Balaban J connectivity index is 1.58. The van der Waals surface area contributed by atoms with E-state index < -0.39 is 17.7 Å². The van der Waals surface area contributed by atoms with E-state index in [9.17, 15) is 14.7 Å². The molecule has 1 unspecified atom stereocenters. The van der Waals surface area contributed by atoms with E-state index in [1.54, 1.807) is 43.6 Å². The lowest BCUT2D eigenvalue weighted by Gasteiger charge is -2.28. The van der Waals surface area contributed by atoms with Gasteiger partial charge in [0.2, 0.25) is 5.88 Å². The number of aliphatic hydroxyl groups is 1. The van der Waals surface area contributed by atoms with Crippen LogP contribution in [0.2, 0.25) is 0 Å². The predicted molar refractivity (Wildman–Crippen MR) is 130 cm³/mol. The molecule has 2 aromatic heterocycles. The second kappa shape index (κ2) is 10.3. The summed E-state index contributed by atoms with van der Waals surface area (Å²) in [6.07, 6.45) is 6.46. The van der Waals surface area contributed by atoms with Crippen molar-refractivity contribution in [1.82, 2.24) is 10.1 Å². The van der Waals surface area contributed by atoms with Crippen LogP contribution >= 0.6 is 0 Å². The minimum Gasteiger partial charge on any atom is -0.503 e. The molecule has 0 radical (unpaired) electrons. The monoisotopic (exact) mass is 489 g/mol. The molecule has 3 aromatic rings. The highest BCUT2D eigenvalue weighted by Crippen LogP contribution is 2.45. The van der Waals surface area contributed by atoms with Crippen LogP contribution < -0.4 is 9.64 Å². The molecule has 1 fully saturated rings. The van der Waals surface area contributed by atoms with Crippen LogP contribution in [0.5, 0.6) is 5.88 Å². The lowest BCUT2D eigenvalue weighted by atomic mass is 9.89. The summed E-state index contributed by atoms with van der Waals surface area (Å²) in [5.74, 6) is -1.30. The van der Waals surface area contributed by atoms with E-state index in [0.717, 1.165) is 31.2 Å². The van der Waals surface area contributed by atoms with Gasteiger partial charge in [0.25, 0.3) is 5.91 Å². The third kappa shape index (κ3) is 4.37. The van der Waals surface area contributed by atoms with Gasteiger partial charge < -0.3 is 19.1 Å². The topological polar surface area (TPSA) is 115 Å². The maximum atomic E-state index is 13.6. The highest BCUT2D eigenvalue weighted by atomic mass is 16.5. The quantitative estimate of drug-likeness (QED) is 0.439. The molecule has 3 heterocycles. The van der Waals surface area contributed by atoms with Crippen LogP contribution in [0.15, 0.2) is 70.8 Å². The average molecular weight is 490 g/mol. The van der Waals surface area contributed by atoms with Crippen molar-refractivity contribution in [2.75, 3.05) is 25.2 Å². The largest absolute Gasteiger partial charge is 0.503 e. The van der Waals surface area contributed by atoms with Gasteiger partial charge in [-0.25, -0.2) is 4.98 Å². The minimum atomic E-state index is -0.880. The first-order valence-corrected chi connectivity index (χ1v) is 12.0. The first-order valence-electron chi connectivity index (χ1n) is 12.0. The van der Waals surface area contributed by atoms with E-state index in [-0.39, 0.29) is 29.8 Å². The number of hydrogen-bond acceptors (Lipinski definition) is 8. The van der Waals surface area contributed by atoms with Gasteiger partial charge in [-0.05, 0) is 37.1 Å². The molecule has 0 spiro atoms. The number of ether oxygens (including phenoxy) is 2. The van der Waals surface area contributed by atoms with Gasteiger partial charge >= 0.3 is 0 Å². The molecule has 1 saturated carbocycles. The van der Waals surface area contributed by atoms with E-state index in [2.05, 4.69) is 10.1 Å². The van der Waals surface area contributed by atoms with E-state index in [1.165, 1.54) is 11.2 Å². The van der Waals surface area contributed by atoms with Crippen molar-refractivity contribution in [1.29, 1.82) is 0 Å². The fourth-order valence-electron chi connectivity index (χ4n) is 4.93. The maximum Gasteiger partial charge on any atom is 0.294 e. The Labute approximate surface area is 208 Å². The zero-order valence-corrected chi connectivity index (χ0v) is 19.9. The Hall–Kier alpha value is -3.98. The Bertz CT molecular complexity index is 1260. The van der Waals surface area contributed by atoms with Crippen LogP contribution in [0, 0.1) is 5.92 Å². The molecule has 2 aliphatic rings. The normalized spacial score (nSPS) is 18.3. The first-order chi connectivity index (χ1) is 17.6. The third-order valence-corrected chi connectivity index (χ3v) is 6.70. The summed E-state index contributed by atoms with van der Waals surface area (Å²) >= 11 is 0. The highest BCUT2D eigenvalue weighted by molar-refractivity contribution is 6.17. The van der Waals surface area contributed by atoms with Crippen LogP contribution in [-0.2, 0) is 14.3 Å². The van der Waals surface area contributed by atoms with Crippen molar-refractivity contribution < 1.29 is 28.7 Å². The fraction of sp³-hybridized carbons (Fsp3) is 0.333. The van der Waals surface area contributed by atoms with Crippen LogP contribution in [0.1, 0.15) is 37.3 Å². The Morgan fingerprint density at radius 3 is 2.61 bits per heavy atom. The number of Topliss-reactive ketones (excluding diaryl/α,β-unsaturated/α-hetero) is 1. The van der Waals surface area contributed by atoms with Gasteiger partial charge in [0, 0.05) is 42.1 Å². The second-order valence-electron chi connectivity index (χ2n) is 8.86. The number of hydrogen-bond donors (Lipinski definition) is 1. The second-order valence-corrected chi connectivity index (χ2v) is 8.86.